The van der Waals surface area contributed by atoms with Crippen LogP contribution < -0.4 is 5.32 Å². The van der Waals surface area contributed by atoms with Crippen LogP contribution in [-0.2, 0) is 0 Å². The number of nitrogens with one attached hydrogen (secondary N) is 1. The summed E-state index contributed by atoms with van der Waals surface area (Å²) in [6, 6.07) is 0. The average molecular weight is 115 g/mol. The summed E-state index contributed by atoms with van der Waals surface area (Å²) < 4.78 is 12.3. The molecule has 0 aromatic rings. The summed E-state index contributed by atoms with van der Waals surface area (Å²) in [5.74, 6) is 0. The van der Waals surface area contributed by atoms with Crippen LogP contribution in [0.25, 0.3) is 0 Å². The van der Waals surface area contributed by atoms with Gasteiger partial charge in [-0.25, -0.2) is 4.39 Å². The molecule has 1 N–H and O–H groups in total. The van der Waals surface area contributed by atoms with E-state index >= 15 is 0 Å². The molecule has 0 aromatic heterocycles. The van der Waals surface area contributed by atoms with Gasteiger partial charge in [-0.3, -0.25) is 0 Å². The van der Waals surface area contributed by atoms with Crippen LogP contribution in [0.4, 0.5) is 4.39 Å². The first kappa shape index (κ1) is 5.76. The largest absolute Gasteiger partial charge is 0.313 e. The molecule has 2 heteroatoms. The van der Waals surface area contributed by atoms with E-state index in [0.29, 0.717) is 6.42 Å². The molecular formula is C6H10FN. The highest BCUT2D eigenvalue weighted by Crippen LogP contribution is 2.00. The van der Waals surface area contributed by atoms with E-state index in [9.17, 15) is 4.39 Å². The quantitative estimate of drug-likeness (QED) is 0.462. The summed E-state index contributed by atoms with van der Waals surface area (Å²) in [7, 11) is 0. The standard InChI is InChI=1S/C6H10FN/c7-6-2-1-4-8-5-3-6/h1-2,6,8H,3-5H2. The zero-order valence-electron chi connectivity index (χ0n) is 4.73. The Labute approximate surface area is 48.6 Å². The summed E-state index contributed by atoms with van der Waals surface area (Å²) in [4.78, 5) is 0. The predicted octanol–water partition coefficient (Wildman–Crippen LogP) is 0.874. The monoisotopic (exact) mass is 115 g/mol. The van der Waals surface area contributed by atoms with Gasteiger partial charge in [-0.2, -0.15) is 0 Å². The van der Waals surface area contributed by atoms with E-state index in [4.69, 9.17) is 0 Å². The molecule has 0 radical (unpaired) electrons. The van der Waals surface area contributed by atoms with Gasteiger partial charge in [0, 0.05) is 6.54 Å². The first-order valence-electron chi connectivity index (χ1n) is 2.91. The van der Waals surface area contributed by atoms with Crippen LogP contribution in [-0.4, -0.2) is 19.3 Å². The molecule has 1 unspecified atom stereocenters. The fourth-order valence-electron chi connectivity index (χ4n) is 0.737. The summed E-state index contributed by atoms with van der Waals surface area (Å²) in [6.07, 6.45) is 3.35. The molecule has 1 aliphatic heterocycles. The molecule has 0 saturated carbocycles. The lowest BCUT2D eigenvalue weighted by molar-refractivity contribution is 0.379. The second-order valence-electron chi connectivity index (χ2n) is 1.94. The van der Waals surface area contributed by atoms with E-state index < -0.39 is 6.17 Å². The minimum Gasteiger partial charge on any atom is -0.313 e. The highest BCUT2D eigenvalue weighted by Gasteiger charge is 2.01. The first-order valence-corrected chi connectivity index (χ1v) is 2.91. The van der Waals surface area contributed by atoms with Crippen molar-refractivity contribution in [3.05, 3.63) is 12.2 Å². The lowest BCUT2D eigenvalue weighted by Crippen LogP contribution is -2.14. The molecule has 1 nitrogen and oxygen atoms in total. The van der Waals surface area contributed by atoms with Crippen LogP contribution in [0, 0.1) is 0 Å². The van der Waals surface area contributed by atoms with E-state index in [1.54, 1.807) is 6.08 Å². The maximum absolute atomic E-state index is 12.3. The molecule has 1 rings (SSSR count). The molecule has 0 aromatic carbocycles. The highest BCUT2D eigenvalue weighted by atomic mass is 19.1. The molecule has 0 bridgehead atoms. The fraction of sp³-hybridized carbons (Fsp3) is 0.667. The number of hydrogen-bond acceptors (Lipinski definition) is 1. The average Bonchev–Trinajstić information content (AvgIpc) is 1.94. The van der Waals surface area contributed by atoms with Crippen LogP contribution in [0.15, 0.2) is 12.2 Å². The van der Waals surface area contributed by atoms with Gasteiger partial charge in [0.05, 0.1) is 0 Å². The van der Waals surface area contributed by atoms with Crippen LogP contribution in [0.5, 0.6) is 0 Å². The molecule has 1 atom stereocenters. The number of alkyl halides is 1. The molecule has 1 aliphatic rings. The topological polar surface area (TPSA) is 12.0 Å². The van der Waals surface area contributed by atoms with Crippen molar-refractivity contribution in [2.24, 2.45) is 0 Å². The summed E-state index contributed by atoms with van der Waals surface area (Å²) in [6.45, 7) is 1.62. The second-order valence-corrected chi connectivity index (χ2v) is 1.94. The summed E-state index contributed by atoms with van der Waals surface area (Å²) >= 11 is 0. The fourth-order valence-corrected chi connectivity index (χ4v) is 0.737. The molecule has 0 fully saturated rings. The van der Waals surface area contributed by atoms with E-state index in [2.05, 4.69) is 5.32 Å². The lowest BCUT2D eigenvalue weighted by Gasteiger charge is -1.96. The van der Waals surface area contributed by atoms with Crippen LogP contribution in [0.1, 0.15) is 6.42 Å². The van der Waals surface area contributed by atoms with Crippen LogP contribution >= 0.6 is 0 Å². The zero-order valence-corrected chi connectivity index (χ0v) is 4.73. The third kappa shape index (κ3) is 1.62. The molecule has 0 spiro atoms. The Morgan fingerprint density at radius 2 is 2.50 bits per heavy atom. The Balaban J connectivity index is 2.33. The molecule has 0 amide bonds. The smallest absolute Gasteiger partial charge is 0.119 e. The minimum atomic E-state index is -0.718. The Morgan fingerprint density at radius 1 is 1.62 bits per heavy atom. The van der Waals surface area contributed by atoms with E-state index in [1.165, 1.54) is 0 Å². The SMILES string of the molecule is FC1C=CCNCC1. The van der Waals surface area contributed by atoms with Crippen molar-refractivity contribution >= 4 is 0 Å². The number of allylic oxidation sites excluding steroid dienone is 1. The van der Waals surface area contributed by atoms with E-state index in [0.717, 1.165) is 13.1 Å². The summed E-state index contributed by atoms with van der Waals surface area (Å²) in [5, 5.41) is 3.05. The number of hydrogen-bond donors (Lipinski definition) is 1. The molecule has 0 saturated heterocycles. The first-order chi connectivity index (χ1) is 3.89. The van der Waals surface area contributed by atoms with Gasteiger partial charge < -0.3 is 5.32 Å². The molecule has 46 valence electrons. The normalized spacial score (nSPS) is 29.9. The van der Waals surface area contributed by atoms with Gasteiger partial charge >= 0.3 is 0 Å². The van der Waals surface area contributed by atoms with Crippen molar-refractivity contribution in [3.63, 3.8) is 0 Å². The van der Waals surface area contributed by atoms with Crippen molar-refractivity contribution in [3.8, 4) is 0 Å². The van der Waals surface area contributed by atoms with Crippen molar-refractivity contribution in [1.82, 2.24) is 5.32 Å². The van der Waals surface area contributed by atoms with E-state index in [1.807, 2.05) is 6.08 Å². The van der Waals surface area contributed by atoms with Crippen molar-refractivity contribution in [2.45, 2.75) is 12.6 Å². The predicted molar refractivity (Wildman–Crippen MR) is 31.5 cm³/mol. The van der Waals surface area contributed by atoms with E-state index in [-0.39, 0.29) is 0 Å². The maximum atomic E-state index is 12.3. The van der Waals surface area contributed by atoms with Gasteiger partial charge in [-0.15, -0.1) is 0 Å². The Kier molecular flexibility index (Phi) is 2.03. The van der Waals surface area contributed by atoms with Crippen molar-refractivity contribution < 1.29 is 4.39 Å². The Morgan fingerprint density at radius 3 is 3.38 bits per heavy atom. The van der Waals surface area contributed by atoms with Gasteiger partial charge in [0.2, 0.25) is 0 Å². The molecule has 8 heavy (non-hydrogen) atoms. The molecular weight excluding hydrogens is 105 g/mol. The summed E-state index contributed by atoms with van der Waals surface area (Å²) in [5.41, 5.74) is 0. The van der Waals surface area contributed by atoms with Crippen molar-refractivity contribution in [2.75, 3.05) is 13.1 Å². The maximum Gasteiger partial charge on any atom is 0.119 e. The number of rotatable bonds is 0. The highest BCUT2D eigenvalue weighted by molar-refractivity contribution is 4.93. The van der Waals surface area contributed by atoms with Gasteiger partial charge in [-0.05, 0) is 13.0 Å². The van der Waals surface area contributed by atoms with Gasteiger partial charge in [0.25, 0.3) is 0 Å². The van der Waals surface area contributed by atoms with Crippen molar-refractivity contribution in [1.29, 1.82) is 0 Å². The van der Waals surface area contributed by atoms with Crippen LogP contribution in [0.2, 0.25) is 0 Å². The Bertz CT molecular complexity index is 90.5. The number of halogens is 1. The van der Waals surface area contributed by atoms with Gasteiger partial charge in [-0.1, -0.05) is 12.2 Å². The minimum absolute atomic E-state index is 0.622. The van der Waals surface area contributed by atoms with Crippen LogP contribution in [0.3, 0.4) is 0 Å². The molecule has 1 heterocycles. The van der Waals surface area contributed by atoms with Gasteiger partial charge in [0.1, 0.15) is 6.17 Å². The van der Waals surface area contributed by atoms with Gasteiger partial charge in [0.15, 0.2) is 0 Å². The second kappa shape index (κ2) is 2.82. The third-order valence-electron chi connectivity index (χ3n) is 1.20. The zero-order chi connectivity index (χ0) is 5.82. The molecule has 0 aliphatic carbocycles. The third-order valence-corrected chi connectivity index (χ3v) is 1.20. The lowest BCUT2D eigenvalue weighted by atomic mass is 10.3. The Hall–Kier alpha value is -0.370.